The average Bonchev–Trinajstić information content (AvgIpc) is 2.91. The van der Waals surface area contributed by atoms with E-state index >= 15 is 0 Å². The second-order valence-corrected chi connectivity index (χ2v) is 6.58. The average molecular weight is 441 g/mol. The fraction of sp³-hybridized carbons (Fsp3) is 0.158. The van der Waals surface area contributed by atoms with E-state index in [2.05, 4.69) is 0 Å². The molecule has 0 aliphatic rings. The van der Waals surface area contributed by atoms with Gasteiger partial charge in [0.25, 0.3) is 0 Å². The summed E-state index contributed by atoms with van der Waals surface area (Å²) in [5.41, 5.74) is 1.95. The van der Waals surface area contributed by atoms with E-state index in [1.54, 1.807) is 27.2 Å². The molecule has 0 bridgehead atoms. The van der Waals surface area contributed by atoms with Crippen LogP contribution in [0.3, 0.4) is 0 Å². The Morgan fingerprint density at radius 3 is 2.04 bits per heavy atom. The molecule has 0 atom stereocenters. The summed E-state index contributed by atoms with van der Waals surface area (Å²) in [6.07, 6.45) is -2.44. The van der Waals surface area contributed by atoms with Crippen LogP contribution in [0.1, 0.15) is 11.1 Å². The molecule has 1 heterocycles. The third-order valence-electron chi connectivity index (χ3n) is 3.85. The van der Waals surface area contributed by atoms with E-state index in [-0.39, 0.29) is 3.57 Å². The minimum Gasteiger partial charge on any atom is -0.346 e. The lowest BCUT2D eigenvalue weighted by Gasteiger charge is -2.10. The maximum Gasteiger partial charge on any atom is 0.418 e. The van der Waals surface area contributed by atoms with E-state index < -0.39 is 11.7 Å². The first-order chi connectivity index (χ1) is 11.5. The third kappa shape index (κ3) is 3.66. The van der Waals surface area contributed by atoms with Crippen LogP contribution < -0.4 is 0 Å². The summed E-state index contributed by atoms with van der Waals surface area (Å²) in [6, 6.07) is 19.0. The number of hydrogen-bond acceptors (Lipinski definition) is 0. The smallest absolute Gasteiger partial charge is 0.346 e. The van der Waals surface area contributed by atoms with Gasteiger partial charge in [0.1, 0.15) is 0 Å². The maximum atomic E-state index is 13.3. The van der Waals surface area contributed by atoms with Crippen molar-refractivity contribution >= 4 is 22.6 Å². The normalized spacial score (nSPS) is 11.7. The summed E-state index contributed by atoms with van der Waals surface area (Å²) in [6.45, 7) is 0.500. The molecule has 3 aromatic rings. The van der Waals surface area contributed by atoms with Crippen molar-refractivity contribution in [2.45, 2.75) is 19.1 Å². The van der Waals surface area contributed by atoms with Crippen molar-refractivity contribution in [3.8, 4) is 11.3 Å². The Hall–Kier alpha value is -1.76. The van der Waals surface area contributed by atoms with Crippen molar-refractivity contribution in [1.29, 1.82) is 0 Å². The molecule has 0 saturated carbocycles. The minimum absolute atomic E-state index is 0.249. The standard InChI is InChI=1S/C19H15F3IN/c20-19(21,22)16-13-24(12-11-14-7-3-1-4-8-14)18(17(16)23)15-9-5-2-6-10-15/h1-10,13H,11-12H2. The maximum absolute atomic E-state index is 13.3. The molecule has 5 heteroatoms. The first-order valence-corrected chi connectivity index (χ1v) is 8.60. The molecule has 2 aromatic carbocycles. The zero-order valence-corrected chi connectivity index (χ0v) is 14.9. The number of halogens is 4. The molecule has 3 rings (SSSR count). The van der Waals surface area contributed by atoms with E-state index in [9.17, 15) is 13.2 Å². The molecule has 0 aliphatic heterocycles. The highest BCUT2D eigenvalue weighted by Crippen LogP contribution is 2.39. The van der Waals surface area contributed by atoms with Gasteiger partial charge in [-0.15, -0.1) is 0 Å². The first kappa shape index (κ1) is 17.1. The van der Waals surface area contributed by atoms with Crippen molar-refractivity contribution in [2.75, 3.05) is 0 Å². The van der Waals surface area contributed by atoms with Crippen LogP contribution in [0.2, 0.25) is 0 Å². The van der Waals surface area contributed by atoms with E-state index in [1.165, 1.54) is 6.20 Å². The SMILES string of the molecule is FC(F)(F)c1cn(CCc2ccccc2)c(-c2ccccc2)c1I. The number of benzene rings is 2. The highest BCUT2D eigenvalue weighted by Gasteiger charge is 2.36. The van der Waals surface area contributed by atoms with Gasteiger partial charge in [-0.3, -0.25) is 0 Å². The number of nitrogens with zero attached hydrogens (tertiary/aromatic N) is 1. The van der Waals surface area contributed by atoms with Gasteiger partial charge in [0.15, 0.2) is 0 Å². The molecule has 0 spiro atoms. The van der Waals surface area contributed by atoms with Gasteiger partial charge in [0, 0.05) is 12.7 Å². The Kier molecular flexibility index (Phi) is 4.99. The summed E-state index contributed by atoms with van der Waals surface area (Å²) in [5.74, 6) is 0. The van der Waals surface area contributed by atoms with Crippen molar-refractivity contribution in [3.63, 3.8) is 0 Å². The number of alkyl halides is 3. The van der Waals surface area contributed by atoms with Gasteiger partial charge in [-0.2, -0.15) is 13.2 Å². The van der Waals surface area contributed by atoms with Crippen LogP contribution >= 0.6 is 22.6 Å². The van der Waals surface area contributed by atoms with E-state index in [4.69, 9.17) is 0 Å². The molecule has 1 nitrogen and oxygen atoms in total. The lowest BCUT2D eigenvalue weighted by Crippen LogP contribution is -2.05. The minimum atomic E-state index is -4.35. The predicted molar refractivity (Wildman–Crippen MR) is 97.7 cm³/mol. The van der Waals surface area contributed by atoms with Crippen LogP contribution in [0.5, 0.6) is 0 Å². The predicted octanol–water partition coefficient (Wildman–Crippen LogP) is 6.02. The summed E-state index contributed by atoms with van der Waals surface area (Å²) >= 11 is 1.80. The van der Waals surface area contributed by atoms with Gasteiger partial charge < -0.3 is 4.57 Å². The van der Waals surface area contributed by atoms with Crippen molar-refractivity contribution < 1.29 is 13.2 Å². The van der Waals surface area contributed by atoms with Crippen LogP contribution in [0.15, 0.2) is 66.9 Å². The van der Waals surface area contributed by atoms with Gasteiger partial charge in [-0.1, -0.05) is 60.7 Å². The number of hydrogen-bond donors (Lipinski definition) is 0. The quantitative estimate of drug-likeness (QED) is 0.437. The second-order valence-electron chi connectivity index (χ2n) is 5.50. The van der Waals surface area contributed by atoms with Crippen LogP contribution in [-0.4, -0.2) is 4.57 Å². The molecule has 0 saturated heterocycles. The van der Waals surface area contributed by atoms with Gasteiger partial charge >= 0.3 is 6.18 Å². The molecule has 0 amide bonds. The van der Waals surface area contributed by atoms with Crippen LogP contribution in [-0.2, 0) is 19.1 Å². The molecule has 0 N–H and O–H groups in total. The number of aryl methyl sites for hydroxylation is 2. The van der Waals surface area contributed by atoms with Gasteiger partial charge in [0.2, 0.25) is 0 Å². The van der Waals surface area contributed by atoms with Crippen molar-refractivity contribution in [1.82, 2.24) is 4.57 Å². The van der Waals surface area contributed by atoms with Crippen LogP contribution in [0, 0.1) is 3.57 Å². The zero-order chi connectivity index (χ0) is 17.2. The van der Waals surface area contributed by atoms with Gasteiger partial charge in [-0.05, 0) is 40.1 Å². The van der Waals surface area contributed by atoms with E-state index in [0.29, 0.717) is 18.7 Å². The van der Waals surface area contributed by atoms with Crippen LogP contribution in [0.25, 0.3) is 11.3 Å². The fourth-order valence-electron chi connectivity index (χ4n) is 2.69. The van der Waals surface area contributed by atoms with Crippen molar-refractivity contribution in [2.24, 2.45) is 0 Å². The highest BCUT2D eigenvalue weighted by molar-refractivity contribution is 14.1. The molecule has 0 unspecified atom stereocenters. The highest BCUT2D eigenvalue weighted by atomic mass is 127. The lowest BCUT2D eigenvalue weighted by molar-refractivity contribution is -0.138. The molecule has 0 aliphatic carbocycles. The summed E-state index contributed by atoms with van der Waals surface area (Å²) in [5, 5.41) is 0. The van der Waals surface area contributed by atoms with Crippen molar-refractivity contribution in [3.05, 3.63) is 81.6 Å². The zero-order valence-electron chi connectivity index (χ0n) is 12.7. The fourth-order valence-corrected chi connectivity index (χ4v) is 3.75. The first-order valence-electron chi connectivity index (χ1n) is 7.52. The summed E-state index contributed by atoms with van der Waals surface area (Å²) in [7, 11) is 0. The molecular weight excluding hydrogens is 426 g/mol. The summed E-state index contributed by atoms with van der Waals surface area (Å²) in [4.78, 5) is 0. The Morgan fingerprint density at radius 2 is 1.46 bits per heavy atom. The van der Waals surface area contributed by atoms with Crippen LogP contribution in [0.4, 0.5) is 13.2 Å². The monoisotopic (exact) mass is 441 g/mol. The topological polar surface area (TPSA) is 4.93 Å². The van der Waals surface area contributed by atoms with E-state index in [0.717, 1.165) is 11.1 Å². The Labute approximate surface area is 152 Å². The number of aromatic nitrogens is 1. The largest absolute Gasteiger partial charge is 0.418 e. The van der Waals surface area contributed by atoms with Gasteiger partial charge in [-0.25, -0.2) is 0 Å². The molecule has 0 radical (unpaired) electrons. The molecule has 1 aromatic heterocycles. The molecule has 24 heavy (non-hydrogen) atoms. The number of rotatable bonds is 4. The molecular formula is C19H15F3IN. The molecule has 124 valence electrons. The van der Waals surface area contributed by atoms with E-state index in [1.807, 2.05) is 60.7 Å². The Morgan fingerprint density at radius 1 is 0.875 bits per heavy atom. The Bertz CT molecular complexity index is 808. The second kappa shape index (κ2) is 7.01. The van der Waals surface area contributed by atoms with Gasteiger partial charge in [0.05, 0.1) is 14.8 Å². The third-order valence-corrected chi connectivity index (χ3v) is 4.95. The summed E-state index contributed by atoms with van der Waals surface area (Å²) < 4.78 is 41.9. The lowest BCUT2D eigenvalue weighted by atomic mass is 10.1. The Balaban J connectivity index is 2.01. The molecule has 0 fully saturated rings.